The third-order valence-electron chi connectivity index (χ3n) is 3.11. The van der Waals surface area contributed by atoms with Crippen LogP contribution in [0.4, 0.5) is 0 Å². The van der Waals surface area contributed by atoms with E-state index in [4.69, 9.17) is 10.4 Å². The van der Waals surface area contributed by atoms with E-state index in [0.717, 1.165) is 0 Å². The molecule has 1 aromatic carbocycles. The average molecular weight is 281 g/mol. The summed E-state index contributed by atoms with van der Waals surface area (Å²) in [4.78, 5) is 11.0. The van der Waals surface area contributed by atoms with E-state index in [1.807, 2.05) is 6.07 Å². The fourth-order valence-electron chi connectivity index (χ4n) is 1.45. The van der Waals surface area contributed by atoms with Crippen LogP contribution in [0.15, 0.2) is 18.2 Å². The number of aryl methyl sites for hydroxylation is 1. The Balaban J connectivity index is 3.17. The number of carboxylic acids is 1. The molecule has 0 aliphatic heterocycles. The Kier molecular flexibility index (Phi) is 4.01. The van der Waals surface area contributed by atoms with E-state index in [1.165, 1.54) is 19.9 Å². The highest BCUT2D eigenvalue weighted by atomic mass is 32.2. The van der Waals surface area contributed by atoms with Crippen LogP contribution in [0.2, 0.25) is 0 Å². The summed E-state index contributed by atoms with van der Waals surface area (Å²) >= 11 is 0. The van der Waals surface area contributed by atoms with Gasteiger partial charge in [-0.15, -0.1) is 0 Å². The van der Waals surface area contributed by atoms with Gasteiger partial charge in [-0.3, -0.25) is 4.79 Å². The van der Waals surface area contributed by atoms with Crippen molar-refractivity contribution in [3.8, 4) is 6.07 Å². The van der Waals surface area contributed by atoms with Gasteiger partial charge in [0.25, 0.3) is 0 Å². The number of carbonyl (C=O) groups is 1. The predicted octanol–water partition coefficient (Wildman–Crippen LogP) is 1.64. The van der Waals surface area contributed by atoms with Gasteiger partial charge >= 0.3 is 5.97 Å². The molecular formula is C13H15NO4S. The zero-order valence-corrected chi connectivity index (χ0v) is 11.8. The number of aliphatic carboxylic acids is 1. The molecule has 1 N–H and O–H groups in total. The Bertz CT molecular complexity index is 654. The number of hydrogen-bond acceptors (Lipinski definition) is 4. The summed E-state index contributed by atoms with van der Waals surface area (Å²) in [5.41, 5.74) is 1.60. The van der Waals surface area contributed by atoms with Gasteiger partial charge in [-0.1, -0.05) is 6.07 Å². The molecular weight excluding hydrogens is 266 g/mol. The molecule has 102 valence electrons. The lowest BCUT2D eigenvalue weighted by Gasteiger charge is -2.20. The van der Waals surface area contributed by atoms with Gasteiger partial charge in [-0.05, 0) is 44.0 Å². The van der Waals surface area contributed by atoms with E-state index in [0.29, 0.717) is 16.7 Å². The third-order valence-corrected chi connectivity index (χ3v) is 5.53. The lowest BCUT2D eigenvalue weighted by atomic mass is 10.1. The molecule has 6 heteroatoms. The molecule has 5 nitrogen and oxygen atoms in total. The standard InChI is InChI=1S/C13H15NO4S/c1-9-6-10(7-14)4-5-11(9)8-19(17,18)13(2,3)12(15)16/h4-6H,8H2,1-3H3,(H,15,16). The summed E-state index contributed by atoms with van der Waals surface area (Å²) in [6.07, 6.45) is 0. The van der Waals surface area contributed by atoms with E-state index in [2.05, 4.69) is 0 Å². The van der Waals surface area contributed by atoms with Crippen LogP contribution in [-0.2, 0) is 20.4 Å². The Labute approximate surface area is 112 Å². The van der Waals surface area contributed by atoms with E-state index >= 15 is 0 Å². The normalized spacial score (nSPS) is 11.9. The summed E-state index contributed by atoms with van der Waals surface area (Å²) in [6, 6.07) is 6.61. The first-order chi connectivity index (χ1) is 8.61. The second-order valence-corrected chi connectivity index (χ2v) is 7.37. The number of rotatable bonds is 4. The molecule has 0 heterocycles. The molecule has 1 aromatic rings. The quantitative estimate of drug-likeness (QED) is 0.905. The van der Waals surface area contributed by atoms with E-state index in [1.54, 1.807) is 19.1 Å². The third kappa shape index (κ3) is 2.93. The highest BCUT2D eigenvalue weighted by Gasteiger charge is 2.41. The van der Waals surface area contributed by atoms with Crippen molar-refractivity contribution in [1.29, 1.82) is 5.26 Å². The number of hydrogen-bond donors (Lipinski definition) is 1. The van der Waals surface area contributed by atoms with Gasteiger partial charge < -0.3 is 5.11 Å². The van der Waals surface area contributed by atoms with Crippen molar-refractivity contribution in [2.75, 3.05) is 0 Å². The predicted molar refractivity (Wildman–Crippen MR) is 70.2 cm³/mol. The summed E-state index contributed by atoms with van der Waals surface area (Å²) < 4.78 is 22.4. The molecule has 0 fully saturated rings. The van der Waals surface area contributed by atoms with Crippen LogP contribution in [0.1, 0.15) is 30.5 Å². The maximum atomic E-state index is 12.1. The summed E-state index contributed by atoms with van der Waals surface area (Å²) in [5, 5.41) is 17.7. The van der Waals surface area contributed by atoms with Crippen molar-refractivity contribution in [3.05, 3.63) is 34.9 Å². The van der Waals surface area contributed by atoms with Gasteiger partial charge in [0.1, 0.15) is 0 Å². The second-order valence-electron chi connectivity index (χ2n) is 4.83. The van der Waals surface area contributed by atoms with Crippen LogP contribution < -0.4 is 0 Å². The van der Waals surface area contributed by atoms with Crippen molar-refractivity contribution in [2.24, 2.45) is 0 Å². The molecule has 0 aliphatic rings. The van der Waals surface area contributed by atoms with E-state index in [-0.39, 0.29) is 5.75 Å². The van der Waals surface area contributed by atoms with Crippen molar-refractivity contribution in [2.45, 2.75) is 31.3 Å². The number of sulfone groups is 1. The Morgan fingerprint density at radius 1 is 1.42 bits per heavy atom. The second kappa shape index (κ2) is 5.02. The topological polar surface area (TPSA) is 95.2 Å². The van der Waals surface area contributed by atoms with Gasteiger partial charge in [-0.25, -0.2) is 8.42 Å². The van der Waals surface area contributed by atoms with Crippen LogP contribution in [-0.4, -0.2) is 24.2 Å². The van der Waals surface area contributed by atoms with Gasteiger partial charge in [0.05, 0.1) is 17.4 Å². The molecule has 0 bridgehead atoms. The Morgan fingerprint density at radius 3 is 2.42 bits per heavy atom. The highest BCUT2D eigenvalue weighted by molar-refractivity contribution is 7.92. The lowest BCUT2D eigenvalue weighted by Crippen LogP contribution is -2.41. The van der Waals surface area contributed by atoms with Crippen molar-refractivity contribution in [1.82, 2.24) is 0 Å². The molecule has 1 rings (SSSR count). The van der Waals surface area contributed by atoms with Crippen LogP contribution in [0.5, 0.6) is 0 Å². The van der Waals surface area contributed by atoms with E-state index in [9.17, 15) is 13.2 Å². The maximum Gasteiger partial charge on any atom is 0.324 e. The van der Waals surface area contributed by atoms with Crippen LogP contribution in [0.3, 0.4) is 0 Å². The molecule has 0 amide bonds. The minimum Gasteiger partial charge on any atom is -0.480 e. The minimum atomic E-state index is -3.84. The molecule has 0 saturated heterocycles. The Morgan fingerprint density at radius 2 is 2.00 bits per heavy atom. The summed E-state index contributed by atoms with van der Waals surface area (Å²) in [7, 11) is -3.84. The fraction of sp³-hybridized carbons (Fsp3) is 0.385. The molecule has 0 saturated carbocycles. The molecule has 0 spiro atoms. The van der Waals surface area contributed by atoms with Crippen molar-refractivity contribution < 1.29 is 18.3 Å². The first kappa shape index (κ1) is 15.2. The summed E-state index contributed by atoms with van der Waals surface area (Å²) in [5.74, 6) is -1.73. The SMILES string of the molecule is Cc1cc(C#N)ccc1CS(=O)(=O)C(C)(C)C(=O)O. The molecule has 0 atom stereocenters. The molecule has 19 heavy (non-hydrogen) atoms. The highest BCUT2D eigenvalue weighted by Crippen LogP contribution is 2.23. The fourth-order valence-corrected chi connectivity index (χ4v) is 2.81. The summed E-state index contributed by atoms with van der Waals surface area (Å²) in [6.45, 7) is 4.03. The van der Waals surface area contributed by atoms with Crippen molar-refractivity contribution >= 4 is 15.8 Å². The first-order valence-corrected chi connectivity index (χ1v) is 7.22. The van der Waals surface area contributed by atoms with Crippen LogP contribution in [0, 0.1) is 18.3 Å². The largest absolute Gasteiger partial charge is 0.480 e. The van der Waals surface area contributed by atoms with Crippen LogP contribution in [0.25, 0.3) is 0 Å². The van der Waals surface area contributed by atoms with Gasteiger partial charge in [0.15, 0.2) is 14.6 Å². The number of benzene rings is 1. The number of nitriles is 1. The monoisotopic (exact) mass is 281 g/mol. The average Bonchev–Trinajstić information content (AvgIpc) is 2.31. The number of carboxylic acid groups (broad SMARTS) is 1. The Hall–Kier alpha value is -1.87. The van der Waals surface area contributed by atoms with Gasteiger partial charge in [-0.2, -0.15) is 5.26 Å². The lowest BCUT2D eigenvalue weighted by molar-refractivity contribution is -0.139. The zero-order chi connectivity index (χ0) is 14.8. The molecule has 0 aromatic heterocycles. The molecule has 0 radical (unpaired) electrons. The zero-order valence-electron chi connectivity index (χ0n) is 11.0. The number of nitrogens with zero attached hydrogens (tertiary/aromatic N) is 1. The van der Waals surface area contributed by atoms with Gasteiger partial charge in [0, 0.05) is 0 Å². The maximum absolute atomic E-state index is 12.1. The van der Waals surface area contributed by atoms with Crippen molar-refractivity contribution in [3.63, 3.8) is 0 Å². The van der Waals surface area contributed by atoms with Gasteiger partial charge in [0.2, 0.25) is 0 Å². The first-order valence-electron chi connectivity index (χ1n) is 5.57. The minimum absolute atomic E-state index is 0.357. The van der Waals surface area contributed by atoms with Crippen LogP contribution >= 0.6 is 0 Å². The molecule has 0 unspecified atom stereocenters. The van der Waals surface area contributed by atoms with E-state index < -0.39 is 20.6 Å². The molecule has 0 aliphatic carbocycles. The smallest absolute Gasteiger partial charge is 0.324 e.